The molecule has 0 saturated carbocycles. The minimum atomic E-state index is -0.254. The summed E-state index contributed by atoms with van der Waals surface area (Å²) in [6.07, 6.45) is 1.22. The van der Waals surface area contributed by atoms with E-state index in [4.69, 9.17) is 4.74 Å². The number of aromatic nitrogens is 2. The highest BCUT2D eigenvalue weighted by Gasteiger charge is 2.10. The molecule has 0 bridgehead atoms. The Morgan fingerprint density at radius 1 is 1.17 bits per heavy atom. The second-order valence-corrected chi connectivity index (χ2v) is 4.93. The Labute approximate surface area is 132 Å². The van der Waals surface area contributed by atoms with E-state index < -0.39 is 0 Å². The first kappa shape index (κ1) is 14.8. The third-order valence-electron chi connectivity index (χ3n) is 3.44. The maximum absolute atomic E-state index is 12.3. The highest BCUT2D eigenvalue weighted by molar-refractivity contribution is 5.93. The Balaban J connectivity index is 1.86. The van der Waals surface area contributed by atoms with Crippen LogP contribution >= 0.6 is 0 Å². The molecule has 6 heteroatoms. The number of nitrogens with one attached hydrogen (secondary N) is 1. The highest BCUT2D eigenvalue weighted by Crippen LogP contribution is 2.22. The van der Waals surface area contributed by atoms with Crippen LogP contribution in [0.4, 0.5) is 5.69 Å². The van der Waals surface area contributed by atoms with E-state index in [9.17, 15) is 9.59 Å². The second kappa shape index (κ2) is 6.31. The number of methoxy groups -OCH3 is 1. The van der Waals surface area contributed by atoms with E-state index in [1.165, 1.54) is 10.9 Å². The summed E-state index contributed by atoms with van der Waals surface area (Å²) in [7, 11) is 1.54. The number of fused-ring (bicyclic) bond motifs is 1. The van der Waals surface area contributed by atoms with Crippen molar-refractivity contribution in [3.63, 3.8) is 0 Å². The largest absolute Gasteiger partial charge is 0.495 e. The monoisotopic (exact) mass is 309 g/mol. The van der Waals surface area contributed by atoms with Gasteiger partial charge in [-0.15, -0.1) is 0 Å². The van der Waals surface area contributed by atoms with Crippen LogP contribution in [0.2, 0.25) is 0 Å². The summed E-state index contributed by atoms with van der Waals surface area (Å²) >= 11 is 0. The first-order chi connectivity index (χ1) is 11.2. The number of ether oxygens (including phenoxy) is 1. The van der Waals surface area contributed by atoms with Crippen LogP contribution in [0.1, 0.15) is 0 Å². The molecule has 6 nitrogen and oxygen atoms in total. The quantitative estimate of drug-likeness (QED) is 0.800. The van der Waals surface area contributed by atoms with Crippen molar-refractivity contribution in [3.8, 4) is 5.75 Å². The lowest BCUT2D eigenvalue weighted by molar-refractivity contribution is -0.116. The fourth-order valence-corrected chi connectivity index (χ4v) is 2.36. The van der Waals surface area contributed by atoms with Crippen LogP contribution in [-0.4, -0.2) is 22.8 Å². The molecule has 0 aliphatic carbocycles. The smallest absolute Gasteiger partial charge is 0.246 e. The zero-order valence-corrected chi connectivity index (χ0v) is 12.5. The van der Waals surface area contributed by atoms with Crippen LogP contribution in [-0.2, 0) is 11.3 Å². The van der Waals surface area contributed by atoms with E-state index in [0.29, 0.717) is 22.3 Å². The molecule has 0 aliphatic heterocycles. The lowest BCUT2D eigenvalue weighted by atomic mass is 10.2. The molecule has 0 spiro atoms. The van der Waals surface area contributed by atoms with Crippen molar-refractivity contribution in [1.29, 1.82) is 0 Å². The Morgan fingerprint density at radius 3 is 2.74 bits per heavy atom. The maximum atomic E-state index is 12.3. The molecule has 1 heterocycles. The zero-order valence-electron chi connectivity index (χ0n) is 12.5. The van der Waals surface area contributed by atoms with Gasteiger partial charge in [0.05, 0.1) is 24.5 Å². The number of benzene rings is 2. The van der Waals surface area contributed by atoms with Gasteiger partial charge in [-0.3, -0.25) is 14.3 Å². The number of nitrogens with zero attached hydrogens (tertiary/aromatic N) is 2. The molecule has 1 amide bonds. The van der Waals surface area contributed by atoms with Gasteiger partial charge in [-0.05, 0) is 24.3 Å². The molecular weight excluding hydrogens is 294 g/mol. The van der Waals surface area contributed by atoms with Gasteiger partial charge in [-0.2, -0.15) is 5.10 Å². The average Bonchev–Trinajstić information content (AvgIpc) is 2.58. The molecule has 0 unspecified atom stereocenters. The summed E-state index contributed by atoms with van der Waals surface area (Å²) in [5, 5.41) is 7.36. The van der Waals surface area contributed by atoms with Gasteiger partial charge in [0.25, 0.3) is 0 Å². The summed E-state index contributed by atoms with van der Waals surface area (Å²) in [6, 6.07) is 14.2. The molecule has 3 aromatic rings. The van der Waals surface area contributed by atoms with Crippen molar-refractivity contribution in [3.05, 3.63) is 65.0 Å². The molecule has 0 aliphatic rings. The van der Waals surface area contributed by atoms with Gasteiger partial charge in [0, 0.05) is 5.39 Å². The molecule has 2 aromatic carbocycles. The van der Waals surface area contributed by atoms with Crippen LogP contribution in [0.25, 0.3) is 10.9 Å². The highest BCUT2D eigenvalue weighted by atomic mass is 16.5. The van der Waals surface area contributed by atoms with Crippen LogP contribution in [0.15, 0.2) is 59.5 Å². The molecule has 0 atom stereocenters. The number of hydrogen-bond donors (Lipinski definition) is 1. The molecule has 1 N–H and O–H groups in total. The van der Waals surface area contributed by atoms with Crippen LogP contribution in [0.3, 0.4) is 0 Å². The second-order valence-electron chi connectivity index (χ2n) is 4.93. The van der Waals surface area contributed by atoms with Gasteiger partial charge < -0.3 is 10.1 Å². The normalized spacial score (nSPS) is 10.5. The van der Waals surface area contributed by atoms with Crippen LogP contribution in [0.5, 0.6) is 5.75 Å². The number of amides is 1. The third-order valence-corrected chi connectivity index (χ3v) is 3.44. The SMILES string of the molecule is COc1ccccc1NC(=O)Cn1ncc(=O)c2ccccc21. The van der Waals surface area contributed by atoms with E-state index in [2.05, 4.69) is 10.4 Å². The number of anilines is 1. The molecule has 23 heavy (non-hydrogen) atoms. The summed E-state index contributed by atoms with van der Waals surface area (Å²) in [6.45, 7) is -0.00115. The first-order valence-corrected chi connectivity index (χ1v) is 7.07. The van der Waals surface area contributed by atoms with Gasteiger partial charge in [0.1, 0.15) is 12.3 Å². The lowest BCUT2D eigenvalue weighted by Crippen LogP contribution is -2.22. The molecule has 116 valence electrons. The fourth-order valence-electron chi connectivity index (χ4n) is 2.36. The van der Waals surface area contributed by atoms with E-state index in [0.717, 1.165) is 0 Å². The van der Waals surface area contributed by atoms with Gasteiger partial charge in [-0.1, -0.05) is 24.3 Å². The Bertz CT molecular complexity index is 918. The maximum Gasteiger partial charge on any atom is 0.246 e. The molecule has 0 saturated heterocycles. The van der Waals surface area contributed by atoms with Crippen molar-refractivity contribution < 1.29 is 9.53 Å². The van der Waals surface area contributed by atoms with Crippen molar-refractivity contribution >= 4 is 22.5 Å². The predicted octanol–water partition coefficient (Wildman–Crippen LogP) is 2.04. The average molecular weight is 309 g/mol. The van der Waals surface area contributed by atoms with Crippen LogP contribution in [0, 0.1) is 0 Å². The topological polar surface area (TPSA) is 73.2 Å². The van der Waals surface area contributed by atoms with Gasteiger partial charge in [0.2, 0.25) is 11.3 Å². The van der Waals surface area contributed by atoms with E-state index >= 15 is 0 Å². The summed E-state index contributed by atoms with van der Waals surface area (Å²) in [4.78, 5) is 24.1. The Kier molecular flexibility index (Phi) is 4.05. The Morgan fingerprint density at radius 2 is 1.91 bits per heavy atom. The minimum Gasteiger partial charge on any atom is -0.495 e. The Hall–Kier alpha value is -3.15. The fraction of sp³-hybridized carbons (Fsp3) is 0.118. The van der Waals surface area contributed by atoms with E-state index in [-0.39, 0.29) is 17.9 Å². The first-order valence-electron chi connectivity index (χ1n) is 7.07. The number of hydrogen-bond acceptors (Lipinski definition) is 4. The molecule has 3 rings (SSSR count). The minimum absolute atomic E-state index is 0.00115. The number of carbonyl (C=O) groups excluding carboxylic acids is 1. The van der Waals surface area contributed by atoms with Gasteiger partial charge >= 0.3 is 0 Å². The molecule has 0 fully saturated rings. The van der Waals surface area contributed by atoms with Gasteiger partial charge in [0.15, 0.2) is 0 Å². The third kappa shape index (κ3) is 3.06. The number of para-hydroxylation sites is 3. The summed E-state index contributed by atoms with van der Waals surface area (Å²) in [5.41, 5.74) is 1.04. The molecular formula is C17H15N3O3. The summed E-state index contributed by atoms with van der Waals surface area (Å²) in [5.74, 6) is 0.328. The molecule has 1 aromatic heterocycles. The van der Waals surface area contributed by atoms with Gasteiger partial charge in [-0.25, -0.2) is 0 Å². The van der Waals surface area contributed by atoms with Crippen molar-refractivity contribution in [2.75, 3.05) is 12.4 Å². The van der Waals surface area contributed by atoms with Crippen molar-refractivity contribution in [1.82, 2.24) is 9.78 Å². The van der Waals surface area contributed by atoms with E-state index in [1.54, 1.807) is 43.5 Å². The standard InChI is InChI=1S/C17H15N3O3/c1-23-16-9-5-3-7-13(16)19-17(22)11-20-14-8-4-2-6-12(14)15(21)10-18-20/h2-10H,11H2,1H3,(H,19,22). The number of carbonyl (C=O) groups is 1. The predicted molar refractivity (Wildman–Crippen MR) is 87.6 cm³/mol. The zero-order chi connectivity index (χ0) is 16.2. The lowest BCUT2D eigenvalue weighted by Gasteiger charge is -2.11. The van der Waals surface area contributed by atoms with E-state index in [1.807, 2.05) is 12.1 Å². The summed E-state index contributed by atoms with van der Waals surface area (Å²) < 4.78 is 6.71. The van der Waals surface area contributed by atoms with Crippen molar-refractivity contribution in [2.24, 2.45) is 0 Å². The molecule has 0 radical (unpaired) electrons. The van der Waals surface area contributed by atoms with Crippen LogP contribution < -0.4 is 15.5 Å². The number of rotatable bonds is 4. The van der Waals surface area contributed by atoms with Crippen molar-refractivity contribution in [2.45, 2.75) is 6.54 Å².